The van der Waals surface area contributed by atoms with Crippen LogP contribution in [-0.4, -0.2) is 40.4 Å². The van der Waals surface area contributed by atoms with E-state index in [1.54, 1.807) is 4.90 Å². The zero-order chi connectivity index (χ0) is 12.3. The molecule has 1 amide bonds. The largest absolute Gasteiger partial charge is 0.381 e. The Balaban J connectivity index is 2.20. The maximum Gasteiger partial charge on any atom is 0.257 e. The van der Waals surface area contributed by atoms with E-state index in [4.69, 9.17) is 5.73 Å². The lowest BCUT2D eigenvalue weighted by atomic mass is 10.2. The summed E-state index contributed by atoms with van der Waals surface area (Å²) in [5, 5.41) is 0. The van der Waals surface area contributed by atoms with Gasteiger partial charge in [0.05, 0.1) is 5.56 Å². The third kappa shape index (κ3) is 2.69. The summed E-state index contributed by atoms with van der Waals surface area (Å²) < 4.78 is 13.7. The molecule has 1 aromatic heterocycles. The molecule has 0 aliphatic carbocycles. The maximum atomic E-state index is 13.7. The summed E-state index contributed by atoms with van der Waals surface area (Å²) in [6.45, 7) is 1.33. The van der Waals surface area contributed by atoms with Crippen molar-refractivity contribution < 1.29 is 9.18 Å². The van der Waals surface area contributed by atoms with Gasteiger partial charge in [-0.15, -0.1) is 0 Å². The topological polar surface area (TPSA) is 59.2 Å². The Kier molecular flexibility index (Phi) is 3.83. The number of nitrogens with two attached hydrogens (primary N) is 1. The van der Waals surface area contributed by atoms with Crippen molar-refractivity contribution in [1.29, 1.82) is 0 Å². The Bertz CT molecular complexity index is 419. The molecule has 92 valence electrons. The molecule has 17 heavy (non-hydrogen) atoms. The van der Waals surface area contributed by atoms with Gasteiger partial charge in [0.1, 0.15) is 0 Å². The number of hydrogen-bond acceptors (Lipinski definition) is 4. The maximum absolute atomic E-state index is 13.7. The number of rotatable bonds is 1. The van der Waals surface area contributed by atoms with Crippen molar-refractivity contribution in [2.45, 2.75) is 6.42 Å². The van der Waals surface area contributed by atoms with Gasteiger partial charge in [-0.3, -0.25) is 4.79 Å². The number of anilines is 1. The number of halogens is 1. The third-order valence-electron chi connectivity index (χ3n) is 2.66. The van der Waals surface area contributed by atoms with E-state index < -0.39 is 5.82 Å². The number of carbonyl (C=O) groups excluding carboxylic acids is 1. The molecule has 2 N–H and O–H groups in total. The van der Waals surface area contributed by atoms with Crippen LogP contribution in [0, 0.1) is 5.82 Å². The Morgan fingerprint density at radius 1 is 1.47 bits per heavy atom. The average molecular weight is 255 g/mol. The second-order valence-corrected chi connectivity index (χ2v) is 5.04. The van der Waals surface area contributed by atoms with Crippen LogP contribution in [0.4, 0.5) is 10.2 Å². The Hall–Kier alpha value is -1.30. The van der Waals surface area contributed by atoms with Gasteiger partial charge in [-0.1, -0.05) is 0 Å². The number of hydrogen-bond donors (Lipinski definition) is 1. The van der Waals surface area contributed by atoms with Crippen LogP contribution in [0.1, 0.15) is 16.8 Å². The van der Waals surface area contributed by atoms with Crippen LogP contribution in [0.25, 0.3) is 0 Å². The Morgan fingerprint density at radius 2 is 2.29 bits per heavy atom. The van der Waals surface area contributed by atoms with Gasteiger partial charge in [0.2, 0.25) is 0 Å². The lowest BCUT2D eigenvalue weighted by Crippen LogP contribution is -2.33. The normalized spacial score (nSPS) is 16.6. The first kappa shape index (κ1) is 12.2. The summed E-state index contributed by atoms with van der Waals surface area (Å²) in [4.78, 5) is 17.4. The van der Waals surface area contributed by atoms with Crippen LogP contribution in [0.3, 0.4) is 0 Å². The van der Waals surface area contributed by atoms with E-state index in [0.29, 0.717) is 13.1 Å². The van der Waals surface area contributed by atoms with Crippen LogP contribution in [0.2, 0.25) is 0 Å². The highest BCUT2D eigenvalue weighted by Crippen LogP contribution is 2.17. The monoisotopic (exact) mass is 255 g/mol. The van der Waals surface area contributed by atoms with E-state index in [0.717, 1.165) is 17.9 Å². The zero-order valence-corrected chi connectivity index (χ0v) is 10.2. The van der Waals surface area contributed by atoms with Crippen molar-refractivity contribution in [3.8, 4) is 0 Å². The fourth-order valence-corrected chi connectivity index (χ4v) is 2.63. The molecule has 6 heteroatoms. The number of nitrogen functional groups attached to an aromatic ring is 1. The van der Waals surface area contributed by atoms with E-state index in [2.05, 4.69) is 4.98 Å². The molecule has 0 spiro atoms. The quantitative estimate of drug-likeness (QED) is 0.823. The predicted octanol–water partition coefficient (Wildman–Crippen LogP) is 1.38. The van der Waals surface area contributed by atoms with Crippen LogP contribution < -0.4 is 5.73 Å². The van der Waals surface area contributed by atoms with Gasteiger partial charge in [0.15, 0.2) is 11.6 Å². The van der Waals surface area contributed by atoms with Gasteiger partial charge in [0.25, 0.3) is 5.91 Å². The van der Waals surface area contributed by atoms with Gasteiger partial charge in [-0.05, 0) is 18.2 Å². The first-order valence-electron chi connectivity index (χ1n) is 5.47. The van der Waals surface area contributed by atoms with Crippen molar-refractivity contribution in [3.05, 3.63) is 23.6 Å². The highest BCUT2D eigenvalue weighted by Gasteiger charge is 2.21. The fourth-order valence-electron chi connectivity index (χ4n) is 1.74. The molecular formula is C11H14FN3OS. The number of pyridine rings is 1. The second-order valence-electron chi connectivity index (χ2n) is 3.82. The molecule has 0 bridgehead atoms. The minimum absolute atomic E-state index is 0.0180. The zero-order valence-electron chi connectivity index (χ0n) is 9.36. The molecule has 2 heterocycles. The summed E-state index contributed by atoms with van der Waals surface area (Å²) in [6.07, 6.45) is 2.30. The van der Waals surface area contributed by atoms with E-state index in [1.807, 2.05) is 11.8 Å². The molecule has 2 rings (SSSR count). The first-order chi connectivity index (χ1) is 8.20. The summed E-state index contributed by atoms with van der Waals surface area (Å²) in [7, 11) is 0. The van der Waals surface area contributed by atoms with E-state index >= 15 is 0 Å². The van der Waals surface area contributed by atoms with Gasteiger partial charge in [-0.2, -0.15) is 11.8 Å². The van der Waals surface area contributed by atoms with Crippen molar-refractivity contribution >= 4 is 23.5 Å². The molecule has 1 fully saturated rings. The minimum Gasteiger partial charge on any atom is -0.381 e. The predicted molar refractivity (Wildman–Crippen MR) is 66.5 cm³/mol. The molecule has 1 aliphatic heterocycles. The number of aromatic nitrogens is 1. The summed E-state index contributed by atoms with van der Waals surface area (Å²) in [6, 6.07) is 1.38. The Labute approximate surface area is 103 Å². The van der Waals surface area contributed by atoms with Gasteiger partial charge in [-0.25, -0.2) is 9.37 Å². The minimum atomic E-state index is -0.714. The smallest absolute Gasteiger partial charge is 0.257 e. The van der Waals surface area contributed by atoms with Gasteiger partial charge >= 0.3 is 0 Å². The third-order valence-corrected chi connectivity index (χ3v) is 3.70. The molecule has 0 aromatic carbocycles. The highest BCUT2D eigenvalue weighted by atomic mass is 32.2. The molecule has 1 aliphatic rings. The molecule has 4 nitrogen and oxygen atoms in total. The first-order valence-corrected chi connectivity index (χ1v) is 6.62. The molecule has 0 saturated carbocycles. The standard InChI is InChI=1S/C11H14FN3OS/c12-9-8(2-3-14-10(9)13)11(16)15-4-1-6-17-7-5-15/h2-3H,1,4-7H2,(H2,13,14). The van der Waals surface area contributed by atoms with E-state index in [9.17, 15) is 9.18 Å². The highest BCUT2D eigenvalue weighted by molar-refractivity contribution is 7.99. The summed E-state index contributed by atoms with van der Waals surface area (Å²) >= 11 is 1.81. The number of carbonyl (C=O) groups is 1. The van der Waals surface area contributed by atoms with E-state index in [-0.39, 0.29) is 17.3 Å². The number of thioether (sulfide) groups is 1. The lowest BCUT2D eigenvalue weighted by Gasteiger charge is -2.20. The SMILES string of the molecule is Nc1nccc(C(=O)N2CCCSCC2)c1F. The lowest BCUT2D eigenvalue weighted by molar-refractivity contribution is 0.0764. The second kappa shape index (κ2) is 5.35. The number of nitrogens with zero attached hydrogens (tertiary/aromatic N) is 2. The van der Waals surface area contributed by atoms with Crippen LogP contribution >= 0.6 is 11.8 Å². The van der Waals surface area contributed by atoms with Crippen molar-refractivity contribution in [3.63, 3.8) is 0 Å². The molecule has 1 saturated heterocycles. The van der Waals surface area contributed by atoms with Crippen LogP contribution in [0.5, 0.6) is 0 Å². The van der Waals surface area contributed by atoms with E-state index in [1.165, 1.54) is 12.3 Å². The van der Waals surface area contributed by atoms with Gasteiger partial charge < -0.3 is 10.6 Å². The molecule has 0 atom stereocenters. The molecule has 0 radical (unpaired) electrons. The fraction of sp³-hybridized carbons (Fsp3) is 0.455. The van der Waals surface area contributed by atoms with Crippen LogP contribution in [-0.2, 0) is 0 Å². The summed E-state index contributed by atoms with van der Waals surface area (Å²) in [5.74, 6) is 0.715. The average Bonchev–Trinajstić information content (AvgIpc) is 2.60. The molecular weight excluding hydrogens is 241 g/mol. The van der Waals surface area contributed by atoms with Crippen molar-refractivity contribution in [1.82, 2.24) is 9.88 Å². The van der Waals surface area contributed by atoms with Gasteiger partial charge in [0, 0.05) is 25.0 Å². The van der Waals surface area contributed by atoms with Crippen molar-refractivity contribution in [2.24, 2.45) is 0 Å². The van der Waals surface area contributed by atoms with Crippen molar-refractivity contribution in [2.75, 3.05) is 30.3 Å². The molecule has 0 unspecified atom stereocenters. The Morgan fingerprint density at radius 3 is 3.12 bits per heavy atom. The molecule has 1 aromatic rings. The number of amides is 1. The van der Waals surface area contributed by atoms with Crippen LogP contribution in [0.15, 0.2) is 12.3 Å². The summed E-state index contributed by atoms with van der Waals surface area (Å²) in [5.41, 5.74) is 5.38.